The molecule has 1 aromatic rings. The van der Waals surface area contributed by atoms with Crippen LogP contribution >= 0.6 is 11.6 Å². The standard InChI is InChI=1S/C15H23ClFN/c1-5-15(3,4)14(18-6-2)9-11-7-8-12(16)10-13(11)17/h7-8,10,14,18H,5-6,9H2,1-4H3. The van der Waals surface area contributed by atoms with E-state index in [1.165, 1.54) is 6.07 Å². The van der Waals surface area contributed by atoms with Crippen LogP contribution < -0.4 is 5.32 Å². The van der Waals surface area contributed by atoms with Gasteiger partial charge in [-0.05, 0) is 42.5 Å². The van der Waals surface area contributed by atoms with Crippen molar-refractivity contribution in [2.45, 2.75) is 46.6 Å². The Kier molecular flexibility index (Phi) is 5.61. The summed E-state index contributed by atoms with van der Waals surface area (Å²) in [6.07, 6.45) is 1.75. The minimum Gasteiger partial charge on any atom is -0.313 e. The molecule has 0 saturated carbocycles. The van der Waals surface area contributed by atoms with Crippen LogP contribution in [-0.2, 0) is 6.42 Å². The van der Waals surface area contributed by atoms with Gasteiger partial charge in [-0.3, -0.25) is 0 Å². The third-order valence-electron chi connectivity index (χ3n) is 3.74. The minimum atomic E-state index is -0.211. The summed E-state index contributed by atoms with van der Waals surface area (Å²) >= 11 is 5.78. The van der Waals surface area contributed by atoms with Gasteiger partial charge in [0.1, 0.15) is 5.82 Å². The molecule has 18 heavy (non-hydrogen) atoms. The molecule has 102 valence electrons. The summed E-state index contributed by atoms with van der Waals surface area (Å²) in [5.74, 6) is -0.211. The van der Waals surface area contributed by atoms with Crippen molar-refractivity contribution in [2.24, 2.45) is 5.41 Å². The fraction of sp³-hybridized carbons (Fsp3) is 0.600. The summed E-state index contributed by atoms with van der Waals surface area (Å²) in [4.78, 5) is 0. The summed E-state index contributed by atoms with van der Waals surface area (Å²) in [7, 11) is 0. The van der Waals surface area contributed by atoms with E-state index in [9.17, 15) is 4.39 Å². The fourth-order valence-corrected chi connectivity index (χ4v) is 2.18. The number of nitrogens with one attached hydrogen (secondary N) is 1. The Bertz CT molecular complexity index is 390. The van der Waals surface area contributed by atoms with Gasteiger partial charge in [0.25, 0.3) is 0 Å². The Balaban J connectivity index is 2.89. The highest BCUT2D eigenvalue weighted by Crippen LogP contribution is 2.28. The third kappa shape index (κ3) is 3.96. The van der Waals surface area contributed by atoms with Gasteiger partial charge in [-0.25, -0.2) is 4.39 Å². The molecule has 0 bridgehead atoms. The van der Waals surface area contributed by atoms with Gasteiger partial charge in [0.15, 0.2) is 0 Å². The van der Waals surface area contributed by atoms with E-state index >= 15 is 0 Å². The van der Waals surface area contributed by atoms with Crippen LogP contribution in [0.4, 0.5) is 4.39 Å². The van der Waals surface area contributed by atoms with E-state index in [1.807, 2.05) is 0 Å². The number of hydrogen-bond donors (Lipinski definition) is 1. The van der Waals surface area contributed by atoms with E-state index in [0.29, 0.717) is 11.4 Å². The second-order valence-electron chi connectivity index (χ2n) is 5.39. The highest BCUT2D eigenvalue weighted by atomic mass is 35.5. The average Bonchev–Trinajstić information content (AvgIpc) is 2.31. The molecule has 0 saturated heterocycles. The second kappa shape index (κ2) is 6.53. The molecule has 3 heteroatoms. The minimum absolute atomic E-state index is 0.141. The van der Waals surface area contributed by atoms with Crippen LogP contribution in [0.15, 0.2) is 18.2 Å². The van der Waals surface area contributed by atoms with Crippen molar-refractivity contribution < 1.29 is 4.39 Å². The number of likely N-dealkylation sites (N-methyl/N-ethyl adjacent to an activating group) is 1. The van der Waals surface area contributed by atoms with Gasteiger partial charge in [-0.1, -0.05) is 45.4 Å². The largest absolute Gasteiger partial charge is 0.313 e. The Morgan fingerprint density at radius 3 is 2.50 bits per heavy atom. The zero-order chi connectivity index (χ0) is 13.8. The number of halogens is 2. The quantitative estimate of drug-likeness (QED) is 0.807. The SMILES string of the molecule is CCNC(Cc1ccc(Cl)cc1F)C(C)(C)CC. The number of benzene rings is 1. The van der Waals surface area contributed by atoms with Crippen LogP contribution in [0.25, 0.3) is 0 Å². The molecule has 0 aliphatic carbocycles. The molecule has 0 radical (unpaired) electrons. The topological polar surface area (TPSA) is 12.0 Å². The zero-order valence-electron chi connectivity index (χ0n) is 11.7. The molecule has 0 heterocycles. The van der Waals surface area contributed by atoms with Gasteiger partial charge in [0.2, 0.25) is 0 Å². The second-order valence-corrected chi connectivity index (χ2v) is 5.83. The van der Waals surface area contributed by atoms with Crippen molar-refractivity contribution in [1.29, 1.82) is 0 Å². The Labute approximate surface area is 115 Å². The maximum atomic E-state index is 13.8. The van der Waals surface area contributed by atoms with E-state index in [2.05, 4.69) is 33.0 Å². The van der Waals surface area contributed by atoms with Crippen molar-refractivity contribution >= 4 is 11.6 Å². The molecule has 0 aliphatic heterocycles. The van der Waals surface area contributed by atoms with Gasteiger partial charge >= 0.3 is 0 Å². The monoisotopic (exact) mass is 271 g/mol. The van der Waals surface area contributed by atoms with Crippen LogP contribution in [-0.4, -0.2) is 12.6 Å². The van der Waals surface area contributed by atoms with Crippen LogP contribution in [0.5, 0.6) is 0 Å². The average molecular weight is 272 g/mol. The van der Waals surface area contributed by atoms with E-state index in [-0.39, 0.29) is 17.3 Å². The molecule has 0 aromatic heterocycles. The summed E-state index contributed by atoms with van der Waals surface area (Å²) in [5.41, 5.74) is 0.870. The lowest BCUT2D eigenvalue weighted by molar-refractivity contribution is 0.231. The van der Waals surface area contributed by atoms with Gasteiger partial charge in [0, 0.05) is 11.1 Å². The molecule has 1 unspecified atom stereocenters. The highest BCUT2D eigenvalue weighted by Gasteiger charge is 2.27. The first-order valence-electron chi connectivity index (χ1n) is 6.58. The van der Waals surface area contributed by atoms with E-state index in [1.54, 1.807) is 12.1 Å². The fourth-order valence-electron chi connectivity index (χ4n) is 2.02. The zero-order valence-corrected chi connectivity index (χ0v) is 12.4. The normalized spacial score (nSPS) is 13.7. The van der Waals surface area contributed by atoms with E-state index in [4.69, 9.17) is 11.6 Å². The predicted molar refractivity (Wildman–Crippen MR) is 76.7 cm³/mol. The maximum Gasteiger partial charge on any atom is 0.127 e. The van der Waals surface area contributed by atoms with Crippen molar-refractivity contribution in [3.8, 4) is 0 Å². The smallest absolute Gasteiger partial charge is 0.127 e. The molecule has 0 fully saturated rings. The van der Waals surface area contributed by atoms with Crippen molar-refractivity contribution in [3.05, 3.63) is 34.6 Å². The van der Waals surface area contributed by atoms with Crippen molar-refractivity contribution in [2.75, 3.05) is 6.54 Å². The molecule has 1 aromatic carbocycles. The molecule has 1 nitrogen and oxygen atoms in total. The molecule has 0 aliphatic rings. The molecule has 1 atom stereocenters. The Morgan fingerprint density at radius 2 is 2.00 bits per heavy atom. The molecule has 0 amide bonds. The van der Waals surface area contributed by atoms with Crippen LogP contribution in [0.3, 0.4) is 0 Å². The number of rotatable bonds is 6. The lowest BCUT2D eigenvalue weighted by Gasteiger charge is -2.34. The van der Waals surface area contributed by atoms with Gasteiger partial charge in [-0.2, -0.15) is 0 Å². The predicted octanol–water partition coefficient (Wildman–Crippen LogP) is 4.44. The first kappa shape index (κ1) is 15.5. The van der Waals surface area contributed by atoms with E-state index in [0.717, 1.165) is 18.5 Å². The Hall–Kier alpha value is -0.600. The summed E-state index contributed by atoms with van der Waals surface area (Å²) < 4.78 is 13.8. The summed E-state index contributed by atoms with van der Waals surface area (Å²) in [6.45, 7) is 9.57. The molecule has 1 rings (SSSR count). The summed E-state index contributed by atoms with van der Waals surface area (Å²) in [5, 5.41) is 3.91. The molecular formula is C15H23ClFN. The summed E-state index contributed by atoms with van der Waals surface area (Å²) in [6, 6.07) is 5.19. The van der Waals surface area contributed by atoms with Crippen LogP contribution in [0.2, 0.25) is 5.02 Å². The maximum absolute atomic E-state index is 13.8. The van der Waals surface area contributed by atoms with Crippen LogP contribution in [0.1, 0.15) is 39.7 Å². The Morgan fingerprint density at radius 1 is 1.33 bits per heavy atom. The van der Waals surface area contributed by atoms with Crippen molar-refractivity contribution in [1.82, 2.24) is 5.32 Å². The third-order valence-corrected chi connectivity index (χ3v) is 3.98. The van der Waals surface area contributed by atoms with E-state index < -0.39 is 0 Å². The van der Waals surface area contributed by atoms with Crippen molar-refractivity contribution in [3.63, 3.8) is 0 Å². The first-order valence-corrected chi connectivity index (χ1v) is 6.95. The first-order chi connectivity index (χ1) is 8.40. The molecular weight excluding hydrogens is 249 g/mol. The lowest BCUT2D eigenvalue weighted by Crippen LogP contribution is -2.43. The lowest BCUT2D eigenvalue weighted by atomic mass is 9.79. The number of hydrogen-bond acceptors (Lipinski definition) is 1. The van der Waals surface area contributed by atoms with Gasteiger partial charge in [0.05, 0.1) is 0 Å². The highest BCUT2D eigenvalue weighted by molar-refractivity contribution is 6.30. The van der Waals surface area contributed by atoms with Gasteiger partial charge < -0.3 is 5.32 Å². The molecule has 0 spiro atoms. The molecule has 1 N–H and O–H groups in total. The van der Waals surface area contributed by atoms with Gasteiger partial charge in [-0.15, -0.1) is 0 Å². The van der Waals surface area contributed by atoms with Crippen LogP contribution in [0, 0.1) is 11.2 Å².